The Bertz CT molecular complexity index is 1140. The number of thiocarbonyl (C=S) groups is 1. The molecule has 1 saturated heterocycles. The Morgan fingerprint density at radius 3 is 2.47 bits per heavy atom. The highest BCUT2D eigenvalue weighted by molar-refractivity contribution is 8.26. The number of nitrogens with zero attached hydrogens (tertiary/aromatic N) is 1. The van der Waals surface area contributed by atoms with E-state index in [0.29, 0.717) is 21.3 Å². The van der Waals surface area contributed by atoms with E-state index in [-0.39, 0.29) is 27.3 Å². The molecule has 0 saturated carbocycles. The predicted molar refractivity (Wildman–Crippen MR) is 123 cm³/mol. The van der Waals surface area contributed by atoms with Crippen molar-refractivity contribution in [2.45, 2.75) is 18.7 Å². The molecule has 1 aliphatic heterocycles. The van der Waals surface area contributed by atoms with Gasteiger partial charge in [-0.15, -0.1) is 0 Å². The van der Waals surface area contributed by atoms with Gasteiger partial charge in [-0.2, -0.15) is 8.42 Å². The van der Waals surface area contributed by atoms with E-state index in [1.807, 2.05) is 13.8 Å². The zero-order valence-electron chi connectivity index (χ0n) is 16.3. The lowest BCUT2D eigenvalue weighted by atomic mass is 10.2. The third-order valence-electron chi connectivity index (χ3n) is 4.24. The van der Waals surface area contributed by atoms with Gasteiger partial charge in [0.05, 0.1) is 17.0 Å². The van der Waals surface area contributed by atoms with Gasteiger partial charge in [-0.25, -0.2) is 0 Å². The summed E-state index contributed by atoms with van der Waals surface area (Å²) < 4.78 is 36.3. The summed E-state index contributed by atoms with van der Waals surface area (Å²) in [5.41, 5.74) is 1.47. The fourth-order valence-corrected chi connectivity index (χ4v) is 5.34. The summed E-state index contributed by atoms with van der Waals surface area (Å²) in [4.78, 5) is 14.3. The van der Waals surface area contributed by atoms with Gasteiger partial charge in [-0.05, 0) is 49.8 Å². The number of carbonyl (C=O) groups excluding carboxylic acids is 1. The van der Waals surface area contributed by atoms with Crippen molar-refractivity contribution in [2.75, 3.05) is 13.7 Å². The standard InChI is InChI=1S/C20H18ClNO5S3/c1-4-22-19(23)17(29-20(22)28)11-13-9-15(21)18(16(10-13)26-3)27-30(24,25)14-7-5-12(2)6-8-14/h5-11H,4H2,1-3H3/b17-11-. The van der Waals surface area contributed by atoms with Gasteiger partial charge in [0.1, 0.15) is 9.22 Å². The number of ether oxygens (including phenoxy) is 1. The smallest absolute Gasteiger partial charge is 0.339 e. The van der Waals surface area contributed by atoms with Crippen molar-refractivity contribution in [1.82, 2.24) is 4.90 Å². The Morgan fingerprint density at radius 1 is 1.23 bits per heavy atom. The maximum atomic E-state index is 12.6. The summed E-state index contributed by atoms with van der Waals surface area (Å²) in [6.45, 7) is 4.17. The number of carbonyl (C=O) groups is 1. The number of amides is 1. The molecule has 0 atom stereocenters. The average Bonchev–Trinajstić information content (AvgIpc) is 2.96. The second-order valence-electron chi connectivity index (χ2n) is 6.31. The van der Waals surface area contributed by atoms with Crippen molar-refractivity contribution in [3.8, 4) is 11.5 Å². The first-order chi connectivity index (χ1) is 14.2. The Labute approximate surface area is 189 Å². The van der Waals surface area contributed by atoms with E-state index >= 15 is 0 Å². The van der Waals surface area contributed by atoms with Gasteiger partial charge in [0, 0.05) is 6.54 Å². The molecule has 0 radical (unpaired) electrons. The normalized spacial score (nSPS) is 15.7. The number of likely N-dealkylation sites (N-methyl/N-ethyl adjacent to an activating group) is 1. The number of halogens is 1. The number of rotatable bonds is 6. The van der Waals surface area contributed by atoms with E-state index in [4.69, 9.17) is 32.7 Å². The summed E-state index contributed by atoms with van der Waals surface area (Å²) in [5.74, 6) is -0.196. The molecular formula is C20H18ClNO5S3. The molecule has 158 valence electrons. The minimum atomic E-state index is -4.11. The van der Waals surface area contributed by atoms with Crippen molar-refractivity contribution < 1.29 is 22.1 Å². The second kappa shape index (κ2) is 8.97. The van der Waals surface area contributed by atoms with Gasteiger partial charge in [-0.3, -0.25) is 9.69 Å². The number of hydrogen-bond donors (Lipinski definition) is 0. The first kappa shape index (κ1) is 22.6. The summed E-state index contributed by atoms with van der Waals surface area (Å²) in [5, 5.41) is 0.0299. The van der Waals surface area contributed by atoms with E-state index in [1.54, 1.807) is 24.3 Å². The molecule has 2 aromatic carbocycles. The molecule has 2 aromatic rings. The Balaban J connectivity index is 1.95. The molecule has 1 heterocycles. The van der Waals surface area contributed by atoms with E-state index in [1.165, 1.54) is 42.0 Å². The number of thioether (sulfide) groups is 1. The van der Waals surface area contributed by atoms with Crippen molar-refractivity contribution in [1.29, 1.82) is 0 Å². The van der Waals surface area contributed by atoms with Gasteiger partial charge < -0.3 is 8.92 Å². The van der Waals surface area contributed by atoms with Gasteiger partial charge in [0.25, 0.3) is 5.91 Å². The molecule has 0 aliphatic carbocycles. The Hall–Kier alpha value is -2.07. The number of aryl methyl sites for hydroxylation is 1. The minimum Gasteiger partial charge on any atom is -0.493 e. The first-order valence-electron chi connectivity index (χ1n) is 8.80. The molecule has 6 nitrogen and oxygen atoms in total. The zero-order chi connectivity index (χ0) is 22.1. The number of hydrogen-bond acceptors (Lipinski definition) is 7. The van der Waals surface area contributed by atoms with Crippen LogP contribution in [0.1, 0.15) is 18.1 Å². The molecule has 1 aliphatic rings. The summed E-state index contributed by atoms with van der Waals surface area (Å²) in [6, 6.07) is 9.30. The molecule has 1 fully saturated rings. The van der Waals surface area contributed by atoms with Crippen molar-refractivity contribution >= 4 is 62.0 Å². The van der Waals surface area contributed by atoms with Crippen molar-refractivity contribution in [2.24, 2.45) is 0 Å². The van der Waals surface area contributed by atoms with E-state index in [2.05, 4.69) is 0 Å². The Kier molecular flexibility index (Phi) is 6.76. The quantitative estimate of drug-likeness (QED) is 0.336. The molecule has 0 bridgehead atoms. The van der Waals surface area contributed by atoms with Crippen LogP contribution >= 0.6 is 35.6 Å². The molecule has 0 unspecified atom stereocenters. The van der Waals surface area contributed by atoms with Crippen LogP contribution in [0, 0.1) is 6.92 Å². The molecule has 0 N–H and O–H groups in total. The van der Waals surface area contributed by atoms with Crippen molar-refractivity contribution in [3.05, 3.63) is 57.5 Å². The molecule has 3 rings (SSSR count). The van der Waals surface area contributed by atoms with Crippen LogP contribution in [0.4, 0.5) is 0 Å². The van der Waals surface area contributed by atoms with Crippen LogP contribution in [0.5, 0.6) is 11.5 Å². The van der Waals surface area contributed by atoms with E-state index < -0.39 is 10.1 Å². The van der Waals surface area contributed by atoms with Gasteiger partial charge in [-0.1, -0.05) is 53.3 Å². The fraction of sp³-hybridized carbons (Fsp3) is 0.200. The summed E-state index contributed by atoms with van der Waals surface area (Å²) in [6.07, 6.45) is 1.63. The number of benzene rings is 2. The molecule has 10 heteroatoms. The average molecular weight is 484 g/mol. The van der Waals surface area contributed by atoms with Gasteiger partial charge >= 0.3 is 10.1 Å². The Morgan fingerprint density at radius 2 is 1.90 bits per heavy atom. The van der Waals surface area contributed by atoms with Crippen molar-refractivity contribution in [3.63, 3.8) is 0 Å². The highest BCUT2D eigenvalue weighted by Crippen LogP contribution is 2.40. The lowest BCUT2D eigenvalue weighted by Gasteiger charge is -2.13. The maximum Gasteiger partial charge on any atom is 0.339 e. The van der Waals surface area contributed by atoms with Gasteiger partial charge in [0.2, 0.25) is 5.75 Å². The van der Waals surface area contributed by atoms with Crippen LogP contribution in [-0.4, -0.2) is 37.2 Å². The third kappa shape index (κ3) is 4.64. The van der Waals surface area contributed by atoms with Crippen LogP contribution in [0.2, 0.25) is 5.02 Å². The SMILES string of the molecule is CCN1C(=O)/C(=C/c2cc(Cl)c(OS(=O)(=O)c3ccc(C)cc3)c(OC)c2)SC1=S. The fourth-order valence-electron chi connectivity index (χ4n) is 2.69. The summed E-state index contributed by atoms with van der Waals surface area (Å²) >= 11 is 12.7. The molecule has 30 heavy (non-hydrogen) atoms. The first-order valence-corrected chi connectivity index (χ1v) is 11.8. The minimum absolute atomic E-state index is 0.00136. The molecular weight excluding hydrogens is 466 g/mol. The third-order valence-corrected chi connectivity index (χ3v) is 7.14. The molecule has 0 aromatic heterocycles. The summed E-state index contributed by atoms with van der Waals surface area (Å²) in [7, 11) is -2.74. The lowest BCUT2D eigenvalue weighted by Crippen LogP contribution is -2.27. The van der Waals surface area contributed by atoms with Crippen LogP contribution in [-0.2, 0) is 14.9 Å². The molecule has 0 spiro atoms. The second-order valence-corrected chi connectivity index (χ2v) is 9.94. The van der Waals surface area contributed by atoms with Crippen LogP contribution in [0.15, 0.2) is 46.2 Å². The highest BCUT2D eigenvalue weighted by Gasteiger charge is 2.31. The van der Waals surface area contributed by atoms with Gasteiger partial charge in [0.15, 0.2) is 5.75 Å². The lowest BCUT2D eigenvalue weighted by molar-refractivity contribution is -0.121. The molecule has 1 amide bonds. The topological polar surface area (TPSA) is 72.9 Å². The number of methoxy groups -OCH3 is 1. The van der Waals surface area contributed by atoms with Crippen LogP contribution in [0.25, 0.3) is 6.08 Å². The monoisotopic (exact) mass is 483 g/mol. The van der Waals surface area contributed by atoms with E-state index in [0.717, 1.165) is 5.56 Å². The zero-order valence-corrected chi connectivity index (χ0v) is 19.5. The maximum absolute atomic E-state index is 12.6. The largest absolute Gasteiger partial charge is 0.493 e. The van der Waals surface area contributed by atoms with Crippen LogP contribution < -0.4 is 8.92 Å². The predicted octanol–water partition coefficient (Wildman–Crippen LogP) is 4.65. The van der Waals surface area contributed by atoms with E-state index in [9.17, 15) is 13.2 Å². The highest BCUT2D eigenvalue weighted by atomic mass is 35.5. The van der Waals surface area contributed by atoms with Crippen LogP contribution in [0.3, 0.4) is 0 Å².